The first-order chi connectivity index (χ1) is 8.52. The summed E-state index contributed by atoms with van der Waals surface area (Å²) in [6.07, 6.45) is -4.02. The molecule has 0 fully saturated rings. The lowest BCUT2D eigenvalue weighted by Gasteiger charge is -2.06. The van der Waals surface area contributed by atoms with Gasteiger partial charge in [-0.25, -0.2) is 4.98 Å². The van der Waals surface area contributed by atoms with E-state index in [2.05, 4.69) is 15.2 Å². The number of halogens is 3. The SMILES string of the molecule is CCc1nc2sccc2n2c(C(F)(F)F)nnc12. The summed E-state index contributed by atoms with van der Waals surface area (Å²) < 4.78 is 39.7. The first-order valence-corrected chi connectivity index (χ1v) is 6.08. The molecule has 8 heteroatoms. The molecule has 0 radical (unpaired) electrons. The Hall–Kier alpha value is -1.70. The fourth-order valence-corrected chi connectivity index (χ4v) is 2.61. The van der Waals surface area contributed by atoms with E-state index in [1.54, 1.807) is 11.4 Å². The van der Waals surface area contributed by atoms with Crippen LogP contribution in [0.25, 0.3) is 16.0 Å². The molecule has 4 nitrogen and oxygen atoms in total. The van der Waals surface area contributed by atoms with Crippen LogP contribution in [0.3, 0.4) is 0 Å². The molecule has 0 spiro atoms. The van der Waals surface area contributed by atoms with Crippen LogP contribution in [0.2, 0.25) is 0 Å². The highest BCUT2D eigenvalue weighted by Gasteiger charge is 2.38. The number of aryl methyl sites for hydroxylation is 1. The zero-order valence-corrected chi connectivity index (χ0v) is 10.0. The third kappa shape index (κ3) is 1.48. The molecule has 0 amide bonds. The second-order valence-electron chi connectivity index (χ2n) is 3.70. The molecule has 0 aliphatic heterocycles. The van der Waals surface area contributed by atoms with Gasteiger partial charge in [-0.05, 0) is 17.9 Å². The summed E-state index contributed by atoms with van der Waals surface area (Å²) in [5.41, 5.74) is 1.09. The molecule has 3 rings (SSSR count). The number of hydrogen-bond acceptors (Lipinski definition) is 4. The van der Waals surface area contributed by atoms with Crippen molar-refractivity contribution in [3.63, 3.8) is 0 Å². The number of alkyl halides is 3. The molecule has 18 heavy (non-hydrogen) atoms. The Morgan fingerprint density at radius 1 is 1.33 bits per heavy atom. The van der Waals surface area contributed by atoms with Crippen molar-refractivity contribution in [3.05, 3.63) is 23.0 Å². The number of thiophene rings is 1. The van der Waals surface area contributed by atoms with E-state index in [9.17, 15) is 13.2 Å². The minimum Gasteiger partial charge on any atom is -0.267 e. The molecule has 0 saturated heterocycles. The van der Waals surface area contributed by atoms with Gasteiger partial charge in [-0.1, -0.05) is 6.92 Å². The minimum atomic E-state index is -4.53. The Bertz CT molecular complexity index is 728. The van der Waals surface area contributed by atoms with E-state index in [1.807, 2.05) is 6.92 Å². The topological polar surface area (TPSA) is 43.1 Å². The van der Waals surface area contributed by atoms with Gasteiger partial charge >= 0.3 is 6.18 Å². The van der Waals surface area contributed by atoms with Gasteiger partial charge in [0.05, 0.1) is 11.2 Å². The van der Waals surface area contributed by atoms with Crippen LogP contribution in [0, 0.1) is 0 Å². The fraction of sp³-hybridized carbons (Fsp3) is 0.300. The lowest BCUT2D eigenvalue weighted by molar-refractivity contribution is -0.145. The quantitative estimate of drug-likeness (QED) is 0.684. The van der Waals surface area contributed by atoms with Crippen molar-refractivity contribution < 1.29 is 13.2 Å². The van der Waals surface area contributed by atoms with Gasteiger partial charge in [0.25, 0.3) is 0 Å². The highest BCUT2D eigenvalue weighted by atomic mass is 32.1. The van der Waals surface area contributed by atoms with Gasteiger partial charge in [0.1, 0.15) is 4.83 Å². The maximum absolute atomic E-state index is 12.9. The van der Waals surface area contributed by atoms with Crippen molar-refractivity contribution in [1.82, 2.24) is 19.6 Å². The van der Waals surface area contributed by atoms with Crippen molar-refractivity contribution in [2.24, 2.45) is 0 Å². The third-order valence-corrected chi connectivity index (χ3v) is 3.41. The molecule has 94 valence electrons. The standard InChI is InChI=1S/C10H7F3N4S/c1-2-5-7-15-16-9(10(11,12)13)17(7)6-3-4-18-8(6)14-5/h3-4H,2H2,1H3. The summed E-state index contributed by atoms with van der Waals surface area (Å²) in [4.78, 5) is 4.86. The summed E-state index contributed by atoms with van der Waals surface area (Å²) in [6.45, 7) is 1.82. The zero-order chi connectivity index (χ0) is 12.9. The van der Waals surface area contributed by atoms with E-state index in [1.165, 1.54) is 11.3 Å². The third-order valence-electron chi connectivity index (χ3n) is 2.61. The zero-order valence-electron chi connectivity index (χ0n) is 9.19. The highest BCUT2D eigenvalue weighted by Crippen LogP contribution is 2.31. The van der Waals surface area contributed by atoms with Crippen molar-refractivity contribution in [2.75, 3.05) is 0 Å². The van der Waals surface area contributed by atoms with Crippen molar-refractivity contribution in [3.8, 4) is 0 Å². The summed E-state index contributed by atoms with van der Waals surface area (Å²) in [6, 6.07) is 1.60. The predicted molar refractivity (Wildman–Crippen MR) is 60.5 cm³/mol. The minimum absolute atomic E-state index is 0.177. The number of fused-ring (bicyclic) bond motifs is 3. The molecule has 0 bridgehead atoms. The Balaban J connectivity index is 2.51. The molecule has 0 aliphatic rings. The van der Waals surface area contributed by atoms with Crippen molar-refractivity contribution in [2.45, 2.75) is 19.5 Å². The second kappa shape index (κ2) is 3.64. The number of rotatable bonds is 1. The largest absolute Gasteiger partial charge is 0.452 e. The normalized spacial score (nSPS) is 12.7. The first-order valence-electron chi connectivity index (χ1n) is 5.20. The van der Waals surface area contributed by atoms with Crippen LogP contribution in [-0.4, -0.2) is 19.6 Å². The molecular formula is C10H7F3N4S. The van der Waals surface area contributed by atoms with E-state index in [0.717, 1.165) is 4.40 Å². The van der Waals surface area contributed by atoms with E-state index in [4.69, 9.17) is 0 Å². The van der Waals surface area contributed by atoms with Crippen molar-refractivity contribution >= 4 is 27.3 Å². The Morgan fingerprint density at radius 3 is 2.78 bits per heavy atom. The van der Waals surface area contributed by atoms with Crippen LogP contribution in [0.15, 0.2) is 11.4 Å². The molecular weight excluding hydrogens is 265 g/mol. The first kappa shape index (κ1) is 11.4. The maximum atomic E-state index is 12.9. The Kier molecular flexibility index (Phi) is 2.31. The molecule has 0 N–H and O–H groups in total. The van der Waals surface area contributed by atoms with Crippen LogP contribution in [0.5, 0.6) is 0 Å². The van der Waals surface area contributed by atoms with Gasteiger partial charge in [0.2, 0.25) is 5.82 Å². The Labute approximate surface area is 103 Å². The predicted octanol–water partition coefficient (Wildman–Crippen LogP) is 2.92. The summed E-state index contributed by atoms with van der Waals surface area (Å²) in [5, 5.41) is 8.58. The number of hydrogen-bond donors (Lipinski definition) is 0. The van der Waals surface area contributed by atoms with Gasteiger partial charge in [0.15, 0.2) is 5.65 Å². The molecule has 3 aromatic heterocycles. The smallest absolute Gasteiger partial charge is 0.267 e. The number of aromatic nitrogens is 4. The van der Waals surface area contributed by atoms with Crippen LogP contribution in [-0.2, 0) is 12.6 Å². The monoisotopic (exact) mass is 272 g/mol. The molecule has 3 aromatic rings. The average molecular weight is 272 g/mol. The molecule has 0 aliphatic carbocycles. The molecule has 0 unspecified atom stereocenters. The van der Waals surface area contributed by atoms with E-state index in [0.29, 0.717) is 22.5 Å². The van der Waals surface area contributed by atoms with Gasteiger partial charge in [0, 0.05) is 0 Å². The molecule has 0 saturated carbocycles. The lowest BCUT2D eigenvalue weighted by Crippen LogP contribution is -2.11. The van der Waals surface area contributed by atoms with E-state index < -0.39 is 12.0 Å². The molecule has 3 heterocycles. The lowest BCUT2D eigenvalue weighted by atomic mass is 10.3. The van der Waals surface area contributed by atoms with Crippen LogP contribution >= 0.6 is 11.3 Å². The van der Waals surface area contributed by atoms with Crippen LogP contribution < -0.4 is 0 Å². The second-order valence-corrected chi connectivity index (χ2v) is 4.60. The molecule has 0 aromatic carbocycles. The average Bonchev–Trinajstić information content (AvgIpc) is 2.92. The molecule has 0 atom stereocenters. The summed E-state index contributed by atoms with van der Waals surface area (Å²) in [7, 11) is 0. The highest BCUT2D eigenvalue weighted by molar-refractivity contribution is 7.16. The van der Waals surface area contributed by atoms with Crippen LogP contribution in [0.1, 0.15) is 18.4 Å². The van der Waals surface area contributed by atoms with E-state index >= 15 is 0 Å². The van der Waals surface area contributed by atoms with Gasteiger partial charge in [-0.2, -0.15) is 13.2 Å². The number of nitrogens with zero attached hydrogens (tertiary/aromatic N) is 4. The van der Waals surface area contributed by atoms with Crippen LogP contribution in [0.4, 0.5) is 13.2 Å². The van der Waals surface area contributed by atoms with Gasteiger partial charge in [-0.3, -0.25) is 4.40 Å². The maximum Gasteiger partial charge on any atom is 0.452 e. The summed E-state index contributed by atoms with van der Waals surface area (Å²) >= 11 is 1.30. The summed E-state index contributed by atoms with van der Waals surface area (Å²) in [5.74, 6) is -1.00. The Morgan fingerprint density at radius 2 is 2.11 bits per heavy atom. The van der Waals surface area contributed by atoms with Gasteiger partial charge in [-0.15, -0.1) is 21.5 Å². The van der Waals surface area contributed by atoms with Gasteiger partial charge < -0.3 is 0 Å². The van der Waals surface area contributed by atoms with Crippen molar-refractivity contribution in [1.29, 1.82) is 0 Å². The fourth-order valence-electron chi connectivity index (χ4n) is 1.84. The van der Waals surface area contributed by atoms with E-state index in [-0.39, 0.29) is 5.65 Å².